The summed E-state index contributed by atoms with van der Waals surface area (Å²) < 4.78 is 10.7. The molecule has 0 unspecified atom stereocenters. The molecule has 1 heterocycles. The van der Waals surface area contributed by atoms with E-state index >= 15 is 0 Å². The smallest absolute Gasteiger partial charge is 0.239 e. The van der Waals surface area contributed by atoms with Crippen molar-refractivity contribution in [3.63, 3.8) is 0 Å². The Hall–Kier alpha value is -2.30. The predicted molar refractivity (Wildman–Crippen MR) is 64.2 cm³/mol. The van der Waals surface area contributed by atoms with E-state index in [2.05, 4.69) is 10.2 Å². The maximum atomic E-state index is 5.69. The van der Waals surface area contributed by atoms with Crippen LogP contribution in [0.15, 0.2) is 30.3 Å². The van der Waals surface area contributed by atoms with Gasteiger partial charge >= 0.3 is 0 Å². The molecule has 0 bridgehead atoms. The van der Waals surface area contributed by atoms with Crippen molar-refractivity contribution in [2.45, 2.75) is 6.92 Å². The summed E-state index contributed by atoms with van der Waals surface area (Å²) in [5, 5.41) is 7.82. The quantitative estimate of drug-likeness (QED) is 0.820. The molecular formula is C12H13N3O2. The number of methoxy groups -OCH3 is 1. The maximum absolute atomic E-state index is 5.69. The van der Waals surface area contributed by atoms with E-state index in [-0.39, 0.29) is 0 Å². The average Bonchev–Trinajstić information content (AvgIpc) is 2.32. The number of anilines is 1. The Kier molecular flexibility index (Phi) is 3.09. The zero-order chi connectivity index (χ0) is 12.3. The van der Waals surface area contributed by atoms with Crippen LogP contribution in [0.1, 0.15) is 5.69 Å². The van der Waals surface area contributed by atoms with Gasteiger partial charge in [0.05, 0.1) is 12.8 Å². The van der Waals surface area contributed by atoms with Gasteiger partial charge in [0.15, 0.2) is 11.5 Å². The zero-order valence-corrected chi connectivity index (χ0v) is 9.68. The van der Waals surface area contributed by atoms with Crippen LogP contribution in [0.2, 0.25) is 0 Å². The number of aromatic nitrogens is 2. The summed E-state index contributed by atoms with van der Waals surface area (Å²) in [7, 11) is 1.57. The van der Waals surface area contributed by atoms with Crippen LogP contribution < -0.4 is 15.2 Å². The lowest BCUT2D eigenvalue weighted by Crippen LogP contribution is -1.95. The third-order valence-corrected chi connectivity index (χ3v) is 2.18. The Morgan fingerprint density at radius 2 is 1.88 bits per heavy atom. The molecule has 2 aromatic rings. The molecule has 0 aliphatic carbocycles. The third kappa shape index (κ3) is 2.63. The first kappa shape index (κ1) is 11.2. The molecular weight excluding hydrogens is 218 g/mol. The molecule has 1 aromatic carbocycles. The van der Waals surface area contributed by atoms with Crippen molar-refractivity contribution in [3.8, 4) is 17.4 Å². The topological polar surface area (TPSA) is 70.3 Å². The number of nitrogens with two attached hydrogens (primary N) is 1. The van der Waals surface area contributed by atoms with Gasteiger partial charge in [-0.25, -0.2) is 0 Å². The standard InChI is InChI=1S/C12H13N3O2/c1-8-3-6-12(15-14-8)17-11-7-9(13)4-5-10(11)16-2/h3-7H,13H2,1-2H3. The summed E-state index contributed by atoms with van der Waals surface area (Å²) in [6.45, 7) is 1.86. The average molecular weight is 231 g/mol. The number of nitrogens with zero attached hydrogens (tertiary/aromatic N) is 2. The largest absolute Gasteiger partial charge is 0.493 e. The van der Waals surface area contributed by atoms with Crippen molar-refractivity contribution >= 4 is 5.69 Å². The number of rotatable bonds is 3. The number of ether oxygens (including phenoxy) is 2. The molecule has 88 valence electrons. The summed E-state index contributed by atoms with van der Waals surface area (Å²) >= 11 is 0. The van der Waals surface area contributed by atoms with Crippen LogP contribution in [0.4, 0.5) is 5.69 Å². The van der Waals surface area contributed by atoms with Gasteiger partial charge in [0, 0.05) is 17.8 Å². The highest BCUT2D eigenvalue weighted by molar-refractivity contribution is 5.52. The Bertz CT molecular complexity index is 512. The lowest BCUT2D eigenvalue weighted by molar-refractivity contribution is 0.372. The van der Waals surface area contributed by atoms with Crippen LogP contribution in [0.5, 0.6) is 17.4 Å². The highest BCUT2D eigenvalue weighted by atomic mass is 16.5. The van der Waals surface area contributed by atoms with Gasteiger partial charge in [-0.2, -0.15) is 5.10 Å². The second-order valence-corrected chi connectivity index (χ2v) is 3.53. The minimum atomic E-state index is 0.402. The molecule has 5 nitrogen and oxygen atoms in total. The minimum Gasteiger partial charge on any atom is -0.493 e. The first-order chi connectivity index (χ1) is 8.19. The van der Waals surface area contributed by atoms with Gasteiger partial charge in [0.1, 0.15) is 0 Å². The Labute approximate surface area is 99.2 Å². The zero-order valence-electron chi connectivity index (χ0n) is 9.68. The van der Waals surface area contributed by atoms with E-state index in [0.29, 0.717) is 23.1 Å². The van der Waals surface area contributed by atoms with E-state index in [1.165, 1.54) is 0 Å². The first-order valence-corrected chi connectivity index (χ1v) is 5.11. The normalized spacial score (nSPS) is 10.0. The highest BCUT2D eigenvalue weighted by Crippen LogP contribution is 2.32. The van der Waals surface area contributed by atoms with E-state index < -0.39 is 0 Å². The van der Waals surface area contributed by atoms with Crippen molar-refractivity contribution in [1.82, 2.24) is 10.2 Å². The van der Waals surface area contributed by atoms with E-state index in [9.17, 15) is 0 Å². The number of hydrogen-bond donors (Lipinski definition) is 1. The van der Waals surface area contributed by atoms with Crippen LogP contribution in [0.25, 0.3) is 0 Å². The molecule has 2 rings (SSSR count). The fourth-order valence-electron chi connectivity index (χ4n) is 1.33. The van der Waals surface area contributed by atoms with E-state index in [0.717, 1.165) is 5.69 Å². The molecule has 0 radical (unpaired) electrons. The third-order valence-electron chi connectivity index (χ3n) is 2.18. The second-order valence-electron chi connectivity index (χ2n) is 3.53. The van der Waals surface area contributed by atoms with Crippen LogP contribution in [0, 0.1) is 6.92 Å². The van der Waals surface area contributed by atoms with Crippen molar-refractivity contribution in [2.75, 3.05) is 12.8 Å². The summed E-state index contributed by atoms with van der Waals surface area (Å²) in [4.78, 5) is 0. The van der Waals surface area contributed by atoms with Gasteiger partial charge in [-0.1, -0.05) is 0 Å². The summed E-state index contributed by atoms with van der Waals surface area (Å²) in [6.07, 6.45) is 0. The monoisotopic (exact) mass is 231 g/mol. The molecule has 0 fully saturated rings. The Morgan fingerprint density at radius 1 is 1.06 bits per heavy atom. The SMILES string of the molecule is COc1ccc(N)cc1Oc1ccc(C)nn1. The first-order valence-electron chi connectivity index (χ1n) is 5.11. The van der Waals surface area contributed by atoms with Crippen LogP contribution in [-0.2, 0) is 0 Å². The predicted octanol–water partition coefficient (Wildman–Crippen LogP) is 2.17. The number of nitrogen functional groups attached to an aromatic ring is 1. The molecule has 1 aromatic heterocycles. The number of aryl methyl sites for hydroxylation is 1. The van der Waals surface area contributed by atoms with E-state index in [4.69, 9.17) is 15.2 Å². The Morgan fingerprint density at radius 3 is 2.53 bits per heavy atom. The molecule has 5 heteroatoms. The van der Waals surface area contributed by atoms with E-state index in [1.54, 1.807) is 31.4 Å². The van der Waals surface area contributed by atoms with Crippen molar-refractivity contribution in [3.05, 3.63) is 36.0 Å². The molecule has 0 spiro atoms. The van der Waals surface area contributed by atoms with Crippen LogP contribution >= 0.6 is 0 Å². The lowest BCUT2D eigenvalue weighted by Gasteiger charge is -2.09. The van der Waals surface area contributed by atoms with Crippen molar-refractivity contribution < 1.29 is 9.47 Å². The molecule has 0 saturated heterocycles. The van der Waals surface area contributed by atoms with Gasteiger partial charge in [0.2, 0.25) is 5.88 Å². The molecule has 0 aliphatic heterocycles. The molecule has 17 heavy (non-hydrogen) atoms. The Balaban J connectivity index is 2.28. The van der Waals surface area contributed by atoms with Crippen molar-refractivity contribution in [1.29, 1.82) is 0 Å². The van der Waals surface area contributed by atoms with Gasteiger partial charge in [-0.15, -0.1) is 5.10 Å². The number of benzene rings is 1. The van der Waals surface area contributed by atoms with E-state index in [1.807, 2.05) is 13.0 Å². The summed E-state index contributed by atoms with van der Waals surface area (Å²) in [5.41, 5.74) is 7.12. The van der Waals surface area contributed by atoms with Gasteiger partial charge in [-0.05, 0) is 25.1 Å². The molecule has 0 aliphatic rings. The maximum Gasteiger partial charge on any atom is 0.239 e. The molecule has 0 atom stereocenters. The molecule has 0 amide bonds. The minimum absolute atomic E-state index is 0.402. The fourth-order valence-corrected chi connectivity index (χ4v) is 1.33. The highest BCUT2D eigenvalue weighted by Gasteiger charge is 2.07. The summed E-state index contributed by atoms with van der Waals surface area (Å²) in [6, 6.07) is 8.73. The summed E-state index contributed by atoms with van der Waals surface area (Å²) in [5.74, 6) is 1.52. The van der Waals surface area contributed by atoms with Gasteiger partial charge in [0.25, 0.3) is 0 Å². The lowest BCUT2D eigenvalue weighted by atomic mass is 10.3. The molecule has 0 saturated carbocycles. The number of hydrogen-bond acceptors (Lipinski definition) is 5. The van der Waals surface area contributed by atoms with Gasteiger partial charge in [-0.3, -0.25) is 0 Å². The fraction of sp³-hybridized carbons (Fsp3) is 0.167. The van der Waals surface area contributed by atoms with Crippen molar-refractivity contribution in [2.24, 2.45) is 0 Å². The van der Waals surface area contributed by atoms with Crippen LogP contribution in [-0.4, -0.2) is 17.3 Å². The second kappa shape index (κ2) is 4.69. The van der Waals surface area contributed by atoms with Gasteiger partial charge < -0.3 is 15.2 Å². The van der Waals surface area contributed by atoms with Crippen LogP contribution in [0.3, 0.4) is 0 Å². The molecule has 2 N–H and O–H groups in total.